The van der Waals surface area contributed by atoms with Crippen molar-refractivity contribution in [3.63, 3.8) is 0 Å². The molecule has 1 atom stereocenters. The summed E-state index contributed by atoms with van der Waals surface area (Å²) in [5.74, 6) is 0.178. The Bertz CT molecular complexity index is 576. The highest BCUT2D eigenvalue weighted by molar-refractivity contribution is 6.05. The normalized spacial score (nSPS) is 20.7. The molecule has 0 aromatic carbocycles. The number of ether oxygens (including phenoxy) is 1. The number of carbonyl (C=O) groups is 2. The molecule has 2 amide bonds. The van der Waals surface area contributed by atoms with Gasteiger partial charge in [-0.1, -0.05) is 19.4 Å². The predicted octanol–water partition coefficient (Wildman–Crippen LogP) is 1.75. The molecule has 1 saturated heterocycles. The van der Waals surface area contributed by atoms with Crippen LogP contribution in [0.4, 0.5) is 0 Å². The van der Waals surface area contributed by atoms with E-state index in [4.69, 9.17) is 4.74 Å². The van der Waals surface area contributed by atoms with Gasteiger partial charge in [0.15, 0.2) is 0 Å². The second-order valence-electron chi connectivity index (χ2n) is 6.16. The van der Waals surface area contributed by atoms with Crippen LogP contribution < -0.4 is 10.1 Å². The Balaban J connectivity index is 1.98. The van der Waals surface area contributed by atoms with Gasteiger partial charge >= 0.3 is 0 Å². The first-order valence-electron chi connectivity index (χ1n) is 8.09. The van der Waals surface area contributed by atoms with Crippen molar-refractivity contribution in [1.82, 2.24) is 15.2 Å². The van der Waals surface area contributed by atoms with E-state index in [0.29, 0.717) is 32.0 Å². The first-order valence-corrected chi connectivity index (χ1v) is 8.09. The van der Waals surface area contributed by atoms with Gasteiger partial charge in [0.1, 0.15) is 5.41 Å². The number of nitrogens with zero attached hydrogens (tertiary/aromatic N) is 2. The molecule has 0 spiro atoms. The van der Waals surface area contributed by atoms with Crippen LogP contribution in [0.5, 0.6) is 5.88 Å². The van der Waals surface area contributed by atoms with Gasteiger partial charge in [0.25, 0.3) is 0 Å². The molecule has 1 fully saturated rings. The number of nitrogens with one attached hydrogen (secondary N) is 1. The summed E-state index contributed by atoms with van der Waals surface area (Å²) in [7, 11) is 1.72. The van der Waals surface area contributed by atoms with E-state index in [-0.39, 0.29) is 11.8 Å². The minimum atomic E-state index is -0.972. The molecular formula is C17H25N3O3. The van der Waals surface area contributed by atoms with Gasteiger partial charge in [-0.2, -0.15) is 0 Å². The number of hydrogen-bond acceptors (Lipinski definition) is 4. The molecule has 23 heavy (non-hydrogen) atoms. The van der Waals surface area contributed by atoms with E-state index in [0.717, 1.165) is 18.4 Å². The minimum absolute atomic E-state index is 0.124. The van der Waals surface area contributed by atoms with E-state index in [9.17, 15) is 9.59 Å². The Hall–Kier alpha value is -2.11. The number of pyridine rings is 1. The largest absolute Gasteiger partial charge is 0.477 e. The Morgan fingerprint density at radius 1 is 1.52 bits per heavy atom. The van der Waals surface area contributed by atoms with Gasteiger partial charge in [0.05, 0.1) is 6.61 Å². The SMILES string of the molecule is CCCCOc1ncccc1CNC(=O)C1(C)CCN(C)C1=O. The lowest BCUT2D eigenvalue weighted by molar-refractivity contribution is -0.143. The number of hydrogen-bond donors (Lipinski definition) is 1. The maximum atomic E-state index is 12.4. The third-order valence-corrected chi connectivity index (χ3v) is 4.29. The Morgan fingerprint density at radius 2 is 2.30 bits per heavy atom. The van der Waals surface area contributed by atoms with Gasteiger partial charge in [-0.05, 0) is 25.8 Å². The van der Waals surface area contributed by atoms with E-state index in [2.05, 4.69) is 17.2 Å². The highest BCUT2D eigenvalue weighted by Gasteiger charge is 2.47. The second kappa shape index (κ2) is 7.44. The summed E-state index contributed by atoms with van der Waals surface area (Å²) in [5.41, 5.74) is -0.153. The zero-order valence-corrected chi connectivity index (χ0v) is 14.1. The van der Waals surface area contributed by atoms with Crippen LogP contribution in [0, 0.1) is 5.41 Å². The third-order valence-electron chi connectivity index (χ3n) is 4.29. The molecule has 6 nitrogen and oxygen atoms in total. The number of rotatable bonds is 7. The van der Waals surface area contributed by atoms with Crippen LogP contribution in [-0.2, 0) is 16.1 Å². The van der Waals surface area contributed by atoms with E-state index in [1.165, 1.54) is 0 Å². The quantitative estimate of drug-likeness (QED) is 0.614. The molecule has 0 aliphatic carbocycles. The number of likely N-dealkylation sites (tertiary alicyclic amines) is 1. The van der Waals surface area contributed by atoms with Crippen LogP contribution >= 0.6 is 0 Å². The molecule has 126 valence electrons. The van der Waals surface area contributed by atoms with Gasteiger partial charge in [0, 0.05) is 31.9 Å². The van der Waals surface area contributed by atoms with Crippen molar-refractivity contribution in [2.75, 3.05) is 20.2 Å². The molecule has 2 heterocycles. The zero-order valence-electron chi connectivity index (χ0n) is 14.1. The molecule has 1 aromatic rings. The molecule has 0 radical (unpaired) electrons. The summed E-state index contributed by atoms with van der Waals surface area (Å²) in [6.07, 6.45) is 4.22. The zero-order chi connectivity index (χ0) is 16.9. The van der Waals surface area contributed by atoms with E-state index in [1.54, 1.807) is 25.1 Å². The Kier molecular flexibility index (Phi) is 5.58. The summed E-state index contributed by atoms with van der Waals surface area (Å²) in [6.45, 7) is 5.33. The van der Waals surface area contributed by atoms with Gasteiger partial charge in [0.2, 0.25) is 17.7 Å². The molecule has 1 aliphatic heterocycles. The number of amides is 2. The van der Waals surface area contributed by atoms with Gasteiger partial charge in [-0.3, -0.25) is 9.59 Å². The maximum absolute atomic E-state index is 12.4. The van der Waals surface area contributed by atoms with E-state index in [1.807, 2.05) is 12.1 Å². The van der Waals surface area contributed by atoms with Crippen LogP contribution in [0.1, 0.15) is 38.7 Å². The fourth-order valence-electron chi connectivity index (χ4n) is 2.60. The predicted molar refractivity (Wildman–Crippen MR) is 86.8 cm³/mol. The van der Waals surface area contributed by atoms with Crippen LogP contribution in [0.3, 0.4) is 0 Å². The van der Waals surface area contributed by atoms with Crippen molar-refractivity contribution in [3.05, 3.63) is 23.9 Å². The van der Waals surface area contributed by atoms with Crippen molar-refractivity contribution < 1.29 is 14.3 Å². The highest BCUT2D eigenvalue weighted by atomic mass is 16.5. The lowest BCUT2D eigenvalue weighted by atomic mass is 9.88. The molecule has 1 aliphatic rings. The van der Waals surface area contributed by atoms with Gasteiger partial charge < -0.3 is 15.0 Å². The molecule has 0 bridgehead atoms. The second-order valence-corrected chi connectivity index (χ2v) is 6.16. The Morgan fingerprint density at radius 3 is 2.96 bits per heavy atom. The molecule has 1 aromatic heterocycles. The van der Waals surface area contributed by atoms with Gasteiger partial charge in [-0.25, -0.2) is 4.98 Å². The van der Waals surface area contributed by atoms with Crippen molar-refractivity contribution in [2.45, 2.75) is 39.7 Å². The number of aromatic nitrogens is 1. The van der Waals surface area contributed by atoms with Crippen LogP contribution in [-0.4, -0.2) is 41.9 Å². The topological polar surface area (TPSA) is 71.5 Å². The lowest BCUT2D eigenvalue weighted by Crippen LogP contribution is -2.43. The van der Waals surface area contributed by atoms with Crippen molar-refractivity contribution in [3.8, 4) is 5.88 Å². The van der Waals surface area contributed by atoms with Crippen molar-refractivity contribution >= 4 is 11.8 Å². The summed E-state index contributed by atoms with van der Waals surface area (Å²) in [6, 6.07) is 3.68. The number of carbonyl (C=O) groups excluding carboxylic acids is 2. The summed E-state index contributed by atoms with van der Waals surface area (Å²) in [4.78, 5) is 30.4. The molecule has 0 saturated carbocycles. The molecule has 1 N–H and O–H groups in total. The highest BCUT2D eigenvalue weighted by Crippen LogP contribution is 2.31. The molecule has 6 heteroatoms. The van der Waals surface area contributed by atoms with Crippen LogP contribution in [0.2, 0.25) is 0 Å². The first-order chi connectivity index (χ1) is 11.0. The van der Waals surface area contributed by atoms with E-state index < -0.39 is 5.41 Å². The fourth-order valence-corrected chi connectivity index (χ4v) is 2.60. The molecule has 2 rings (SSSR count). The van der Waals surface area contributed by atoms with Crippen molar-refractivity contribution in [1.29, 1.82) is 0 Å². The average molecular weight is 319 g/mol. The van der Waals surface area contributed by atoms with Gasteiger partial charge in [-0.15, -0.1) is 0 Å². The first kappa shape index (κ1) is 17.2. The smallest absolute Gasteiger partial charge is 0.237 e. The van der Waals surface area contributed by atoms with Crippen LogP contribution in [0.25, 0.3) is 0 Å². The minimum Gasteiger partial charge on any atom is -0.477 e. The molecular weight excluding hydrogens is 294 g/mol. The summed E-state index contributed by atoms with van der Waals surface area (Å²) >= 11 is 0. The summed E-state index contributed by atoms with van der Waals surface area (Å²) < 4.78 is 5.66. The summed E-state index contributed by atoms with van der Waals surface area (Å²) in [5, 5.41) is 2.86. The lowest BCUT2D eigenvalue weighted by Gasteiger charge is -2.21. The monoisotopic (exact) mass is 319 g/mol. The maximum Gasteiger partial charge on any atom is 0.237 e. The third kappa shape index (κ3) is 3.81. The van der Waals surface area contributed by atoms with Crippen LogP contribution in [0.15, 0.2) is 18.3 Å². The number of unbranched alkanes of at least 4 members (excludes halogenated alkanes) is 1. The molecule has 1 unspecified atom stereocenters. The Labute approximate surface area is 137 Å². The average Bonchev–Trinajstić information content (AvgIpc) is 2.82. The fraction of sp³-hybridized carbons (Fsp3) is 0.588. The van der Waals surface area contributed by atoms with Crippen molar-refractivity contribution in [2.24, 2.45) is 5.41 Å². The van der Waals surface area contributed by atoms with E-state index >= 15 is 0 Å². The standard InChI is InChI=1S/C17H25N3O3/c1-4-5-11-23-14-13(7-6-9-18-14)12-19-15(21)17(2)8-10-20(3)16(17)22/h6-7,9H,4-5,8,10-12H2,1-3H3,(H,19,21).